The predicted octanol–water partition coefficient (Wildman–Crippen LogP) is -0.290. The highest BCUT2D eigenvalue weighted by Gasteiger charge is 2.34. The summed E-state index contributed by atoms with van der Waals surface area (Å²) in [5.74, 6) is 0.187. The van der Waals surface area contributed by atoms with E-state index in [1.807, 2.05) is 30.3 Å². The predicted molar refractivity (Wildman–Crippen MR) is 97.8 cm³/mol. The maximum absolute atomic E-state index is 12.4. The molecule has 136 valence electrons. The maximum Gasteiger partial charge on any atom is 0.243 e. The van der Waals surface area contributed by atoms with Gasteiger partial charge in [-0.3, -0.25) is 14.4 Å². The fourth-order valence-electron chi connectivity index (χ4n) is 2.42. The third kappa shape index (κ3) is 5.75. The molecule has 1 fully saturated rings. The third-order valence-electron chi connectivity index (χ3n) is 3.89. The lowest BCUT2D eigenvalue weighted by atomic mass is 10.1. The average Bonchev–Trinajstić information content (AvgIpc) is 3.10. The number of nitrogens with one attached hydrogen (secondary N) is 2. The van der Waals surface area contributed by atoms with Gasteiger partial charge in [0.2, 0.25) is 17.7 Å². The van der Waals surface area contributed by atoms with E-state index in [2.05, 4.69) is 10.6 Å². The van der Waals surface area contributed by atoms with E-state index in [4.69, 9.17) is 5.73 Å². The molecule has 4 N–H and O–H groups in total. The van der Waals surface area contributed by atoms with Crippen molar-refractivity contribution in [3.8, 4) is 0 Å². The Labute approximate surface area is 151 Å². The summed E-state index contributed by atoms with van der Waals surface area (Å²) in [6.07, 6.45) is 0.741. The van der Waals surface area contributed by atoms with Crippen LogP contribution in [0.1, 0.15) is 12.5 Å². The second-order valence-electron chi connectivity index (χ2n) is 5.91. The van der Waals surface area contributed by atoms with E-state index in [0.717, 1.165) is 12.0 Å². The summed E-state index contributed by atoms with van der Waals surface area (Å²) in [5.41, 5.74) is 6.60. The van der Waals surface area contributed by atoms with E-state index in [9.17, 15) is 14.4 Å². The van der Waals surface area contributed by atoms with Crippen molar-refractivity contribution in [2.24, 2.45) is 5.73 Å². The third-order valence-corrected chi connectivity index (χ3v) is 4.90. The van der Waals surface area contributed by atoms with Crippen LogP contribution in [0.3, 0.4) is 0 Å². The fourth-order valence-corrected chi connectivity index (χ4v) is 3.60. The number of rotatable bonds is 7. The number of nitrogens with zero attached hydrogens (tertiary/aromatic N) is 1. The molecule has 0 spiro atoms. The second kappa shape index (κ2) is 9.43. The van der Waals surface area contributed by atoms with Crippen LogP contribution in [0.5, 0.6) is 0 Å². The van der Waals surface area contributed by atoms with Crippen LogP contribution < -0.4 is 16.4 Å². The Morgan fingerprint density at radius 2 is 2.00 bits per heavy atom. The van der Waals surface area contributed by atoms with Gasteiger partial charge in [-0.25, -0.2) is 0 Å². The van der Waals surface area contributed by atoms with Gasteiger partial charge in [-0.2, -0.15) is 0 Å². The van der Waals surface area contributed by atoms with Crippen LogP contribution in [0.2, 0.25) is 0 Å². The molecule has 1 aromatic carbocycles. The van der Waals surface area contributed by atoms with Crippen molar-refractivity contribution in [2.45, 2.75) is 25.4 Å². The molecule has 0 unspecified atom stereocenters. The van der Waals surface area contributed by atoms with E-state index in [0.29, 0.717) is 18.2 Å². The highest BCUT2D eigenvalue weighted by atomic mass is 32.2. The molecule has 25 heavy (non-hydrogen) atoms. The highest BCUT2D eigenvalue weighted by molar-refractivity contribution is 7.99. The molecule has 1 aliphatic heterocycles. The second-order valence-corrected chi connectivity index (χ2v) is 6.91. The van der Waals surface area contributed by atoms with Gasteiger partial charge in [-0.15, -0.1) is 11.8 Å². The molecule has 1 aromatic rings. The van der Waals surface area contributed by atoms with Crippen LogP contribution in [0.15, 0.2) is 30.3 Å². The number of amides is 3. The van der Waals surface area contributed by atoms with E-state index in [1.165, 1.54) is 16.7 Å². The number of hydrogen-bond acceptors (Lipinski definition) is 5. The van der Waals surface area contributed by atoms with Crippen LogP contribution in [0.4, 0.5) is 0 Å². The van der Waals surface area contributed by atoms with Gasteiger partial charge in [0, 0.05) is 12.3 Å². The standard InChI is InChI=1S/C17H24N4O3S/c1-12(18)16(23)20-9-15(22)21-11-25-10-14(21)17(24)19-8-7-13-5-3-2-4-6-13/h2-6,12,14H,7-11,18H2,1H3,(H,19,24)(H,20,23)/t12-,14-/m0/s1. The first kappa shape index (κ1) is 19.3. The van der Waals surface area contributed by atoms with Gasteiger partial charge >= 0.3 is 0 Å². The fraction of sp³-hybridized carbons (Fsp3) is 0.471. The van der Waals surface area contributed by atoms with Crippen molar-refractivity contribution in [3.05, 3.63) is 35.9 Å². The Morgan fingerprint density at radius 1 is 1.28 bits per heavy atom. The highest BCUT2D eigenvalue weighted by Crippen LogP contribution is 2.20. The first-order valence-electron chi connectivity index (χ1n) is 8.21. The van der Waals surface area contributed by atoms with E-state index >= 15 is 0 Å². The molecule has 3 amide bonds. The molecule has 0 aromatic heterocycles. The van der Waals surface area contributed by atoms with Gasteiger partial charge in [0.15, 0.2) is 0 Å². The summed E-state index contributed by atoms with van der Waals surface area (Å²) in [4.78, 5) is 37.6. The monoisotopic (exact) mass is 364 g/mol. The SMILES string of the molecule is C[C@H](N)C(=O)NCC(=O)N1CSC[C@H]1C(=O)NCCc1ccccc1. The molecule has 0 saturated carbocycles. The first-order valence-corrected chi connectivity index (χ1v) is 9.36. The van der Waals surface area contributed by atoms with Gasteiger partial charge in [0.05, 0.1) is 18.5 Å². The molecule has 1 saturated heterocycles. The summed E-state index contributed by atoms with van der Waals surface area (Å²) >= 11 is 1.52. The summed E-state index contributed by atoms with van der Waals surface area (Å²) in [6.45, 7) is 1.93. The molecule has 0 radical (unpaired) electrons. The normalized spacial score (nSPS) is 17.8. The Hall–Kier alpha value is -2.06. The molecule has 7 nitrogen and oxygen atoms in total. The lowest BCUT2D eigenvalue weighted by Gasteiger charge is -2.23. The van der Waals surface area contributed by atoms with Crippen molar-refractivity contribution in [1.82, 2.24) is 15.5 Å². The molecule has 8 heteroatoms. The summed E-state index contributed by atoms with van der Waals surface area (Å²) < 4.78 is 0. The van der Waals surface area contributed by atoms with Gasteiger partial charge in [-0.05, 0) is 18.9 Å². The summed E-state index contributed by atoms with van der Waals surface area (Å²) in [5, 5.41) is 5.37. The van der Waals surface area contributed by atoms with E-state index < -0.39 is 12.1 Å². The quantitative estimate of drug-likeness (QED) is 0.617. The molecular formula is C17H24N4O3S. The largest absolute Gasteiger partial charge is 0.354 e. The number of nitrogens with two attached hydrogens (primary N) is 1. The Morgan fingerprint density at radius 3 is 2.68 bits per heavy atom. The van der Waals surface area contributed by atoms with Crippen LogP contribution in [-0.4, -0.2) is 59.4 Å². The molecule has 1 heterocycles. The molecule has 0 aliphatic carbocycles. The first-order chi connectivity index (χ1) is 12.0. The Bertz CT molecular complexity index is 609. The zero-order valence-electron chi connectivity index (χ0n) is 14.2. The maximum atomic E-state index is 12.4. The van der Waals surface area contributed by atoms with Gasteiger partial charge in [-0.1, -0.05) is 30.3 Å². The lowest BCUT2D eigenvalue weighted by molar-refractivity contribution is -0.138. The zero-order valence-corrected chi connectivity index (χ0v) is 15.1. The van der Waals surface area contributed by atoms with Crippen molar-refractivity contribution >= 4 is 29.5 Å². The van der Waals surface area contributed by atoms with Crippen LogP contribution in [0, 0.1) is 0 Å². The average molecular weight is 364 g/mol. The molecule has 2 atom stereocenters. The summed E-state index contributed by atoms with van der Waals surface area (Å²) in [6, 6.07) is 8.72. The van der Waals surface area contributed by atoms with Crippen molar-refractivity contribution in [1.29, 1.82) is 0 Å². The van der Waals surface area contributed by atoms with E-state index in [1.54, 1.807) is 6.92 Å². The number of carbonyl (C=O) groups is 3. The van der Waals surface area contributed by atoms with Crippen molar-refractivity contribution in [2.75, 3.05) is 24.7 Å². The lowest BCUT2D eigenvalue weighted by Crippen LogP contribution is -2.51. The number of hydrogen-bond donors (Lipinski definition) is 3. The molecule has 0 bridgehead atoms. The molecule has 1 aliphatic rings. The minimum absolute atomic E-state index is 0.144. The molecule has 2 rings (SSSR count). The number of thioether (sulfide) groups is 1. The smallest absolute Gasteiger partial charge is 0.243 e. The molecular weight excluding hydrogens is 340 g/mol. The van der Waals surface area contributed by atoms with Crippen molar-refractivity contribution < 1.29 is 14.4 Å². The minimum atomic E-state index is -0.669. The minimum Gasteiger partial charge on any atom is -0.354 e. The van der Waals surface area contributed by atoms with E-state index in [-0.39, 0.29) is 24.3 Å². The Kier molecular flexibility index (Phi) is 7.27. The summed E-state index contributed by atoms with van der Waals surface area (Å²) in [7, 11) is 0. The van der Waals surface area contributed by atoms with Crippen LogP contribution >= 0.6 is 11.8 Å². The number of carbonyl (C=O) groups excluding carboxylic acids is 3. The van der Waals surface area contributed by atoms with Gasteiger partial charge in [0.25, 0.3) is 0 Å². The van der Waals surface area contributed by atoms with Crippen LogP contribution in [-0.2, 0) is 20.8 Å². The number of benzene rings is 1. The van der Waals surface area contributed by atoms with Crippen LogP contribution in [0.25, 0.3) is 0 Å². The van der Waals surface area contributed by atoms with Gasteiger partial charge < -0.3 is 21.3 Å². The topological polar surface area (TPSA) is 105 Å². The Balaban J connectivity index is 1.80. The van der Waals surface area contributed by atoms with Gasteiger partial charge in [0.1, 0.15) is 6.04 Å². The zero-order chi connectivity index (χ0) is 18.2. The van der Waals surface area contributed by atoms with Crippen molar-refractivity contribution in [3.63, 3.8) is 0 Å².